The van der Waals surface area contributed by atoms with E-state index in [1.165, 1.54) is 0 Å². The predicted octanol–water partition coefficient (Wildman–Crippen LogP) is 2.83. The van der Waals surface area contributed by atoms with Crippen LogP contribution in [0.25, 0.3) is 5.78 Å². The first-order valence-corrected chi connectivity index (χ1v) is 10.3. The molecule has 29 heavy (non-hydrogen) atoms. The molecule has 1 fully saturated rings. The van der Waals surface area contributed by atoms with Gasteiger partial charge in [0.1, 0.15) is 12.5 Å². The van der Waals surface area contributed by atoms with Gasteiger partial charge in [-0.1, -0.05) is 27.2 Å². The predicted molar refractivity (Wildman–Crippen MR) is 106 cm³/mol. The molecule has 0 saturated heterocycles. The summed E-state index contributed by atoms with van der Waals surface area (Å²) < 4.78 is 12.3. The van der Waals surface area contributed by atoms with Gasteiger partial charge in [-0.3, -0.25) is 4.79 Å². The number of aryl methyl sites for hydroxylation is 2. The normalized spacial score (nSPS) is 22.1. The Labute approximate surface area is 171 Å². The van der Waals surface area contributed by atoms with Gasteiger partial charge in [-0.2, -0.15) is 4.98 Å². The van der Waals surface area contributed by atoms with E-state index in [0.29, 0.717) is 29.4 Å². The van der Waals surface area contributed by atoms with E-state index < -0.39 is 18.5 Å². The first-order valence-electron chi connectivity index (χ1n) is 10.3. The molecule has 3 atom stereocenters. The molecule has 2 heterocycles. The van der Waals surface area contributed by atoms with Crippen molar-refractivity contribution < 1.29 is 19.1 Å². The number of carbonyl (C=O) groups excluding carboxylic acids is 2. The van der Waals surface area contributed by atoms with Crippen molar-refractivity contribution in [3.05, 3.63) is 23.3 Å². The lowest BCUT2D eigenvalue weighted by atomic mass is 9.75. The minimum Gasteiger partial charge on any atom is -0.460 e. The van der Waals surface area contributed by atoms with Gasteiger partial charge < -0.3 is 9.47 Å². The number of fused-ring (bicyclic) bond motifs is 1. The Hall–Kier alpha value is -2.51. The third-order valence-electron chi connectivity index (χ3n) is 5.56. The molecule has 3 rings (SSSR count). The van der Waals surface area contributed by atoms with Crippen LogP contribution in [0, 0.1) is 31.6 Å². The summed E-state index contributed by atoms with van der Waals surface area (Å²) in [6.45, 7) is 9.86. The fourth-order valence-electron chi connectivity index (χ4n) is 4.06. The van der Waals surface area contributed by atoms with Crippen LogP contribution in [0.2, 0.25) is 0 Å². The Bertz CT molecular complexity index is 892. The Morgan fingerprint density at radius 1 is 1.21 bits per heavy atom. The number of nitrogens with zero attached hydrogens (tertiary/aromatic N) is 4. The number of hydrogen-bond acceptors (Lipinski definition) is 7. The highest BCUT2D eigenvalue weighted by Gasteiger charge is 2.33. The van der Waals surface area contributed by atoms with E-state index in [9.17, 15) is 9.59 Å². The molecule has 3 unspecified atom stereocenters. The molecule has 158 valence electrons. The summed E-state index contributed by atoms with van der Waals surface area (Å²) in [6.07, 6.45) is 2.85. The highest BCUT2D eigenvalue weighted by atomic mass is 16.6. The molecule has 0 amide bonds. The average Bonchev–Trinajstić information content (AvgIpc) is 3.02. The first kappa shape index (κ1) is 21.2. The van der Waals surface area contributed by atoms with Crippen molar-refractivity contribution in [1.82, 2.24) is 19.6 Å². The zero-order valence-corrected chi connectivity index (χ0v) is 17.8. The lowest BCUT2D eigenvalue weighted by molar-refractivity contribution is -0.166. The fourth-order valence-corrected chi connectivity index (χ4v) is 4.06. The monoisotopic (exact) mass is 402 g/mol. The van der Waals surface area contributed by atoms with Gasteiger partial charge in [0.15, 0.2) is 12.4 Å². The van der Waals surface area contributed by atoms with E-state index in [0.717, 1.165) is 30.7 Å². The maximum Gasteiger partial charge on any atom is 0.344 e. The molecule has 2 aromatic heterocycles. The van der Waals surface area contributed by atoms with Crippen LogP contribution in [0.4, 0.5) is 0 Å². The van der Waals surface area contributed by atoms with Crippen LogP contribution in [0.3, 0.4) is 0 Å². The summed E-state index contributed by atoms with van der Waals surface area (Å²) in [5.41, 5.74) is 1.71. The molecule has 0 bridgehead atoms. The van der Waals surface area contributed by atoms with E-state index in [1.54, 1.807) is 4.52 Å². The van der Waals surface area contributed by atoms with Crippen molar-refractivity contribution in [3.63, 3.8) is 0 Å². The molecule has 0 aliphatic heterocycles. The van der Waals surface area contributed by atoms with Crippen molar-refractivity contribution in [3.8, 4) is 0 Å². The molecule has 0 aromatic carbocycles. The molecule has 8 heteroatoms. The number of aromatic nitrogens is 4. The second-order valence-corrected chi connectivity index (χ2v) is 8.47. The third kappa shape index (κ3) is 5.31. The van der Waals surface area contributed by atoms with E-state index in [2.05, 4.69) is 35.8 Å². The Morgan fingerprint density at radius 3 is 2.69 bits per heavy atom. The first-order chi connectivity index (χ1) is 13.7. The minimum atomic E-state index is -0.565. The summed E-state index contributed by atoms with van der Waals surface area (Å²) in [5.74, 6) is 1.02. The minimum absolute atomic E-state index is 0.109. The smallest absolute Gasteiger partial charge is 0.344 e. The van der Waals surface area contributed by atoms with Gasteiger partial charge in [0.2, 0.25) is 0 Å². The number of ether oxygens (including phenoxy) is 2. The van der Waals surface area contributed by atoms with Crippen LogP contribution in [0.15, 0.2) is 6.07 Å². The second-order valence-electron chi connectivity index (χ2n) is 8.47. The number of hydrogen-bond donors (Lipinski definition) is 0. The highest BCUT2D eigenvalue weighted by Crippen LogP contribution is 2.35. The van der Waals surface area contributed by atoms with Gasteiger partial charge in [0, 0.05) is 11.4 Å². The van der Waals surface area contributed by atoms with Gasteiger partial charge in [0.25, 0.3) is 5.78 Å². The Morgan fingerprint density at radius 2 is 1.97 bits per heavy atom. The number of carbonyl (C=O) groups is 2. The molecule has 8 nitrogen and oxygen atoms in total. The van der Waals surface area contributed by atoms with E-state index in [1.807, 2.05) is 19.9 Å². The Kier molecular flexibility index (Phi) is 6.49. The van der Waals surface area contributed by atoms with Gasteiger partial charge in [-0.05, 0) is 50.5 Å². The summed E-state index contributed by atoms with van der Waals surface area (Å²) >= 11 is 0. The summed E-state index contributed by atoms with van der Waals surface area (Å²) in [5, 5.41) is 4.28. The van der Waals surface area contributed by atoms with E-state index >= 15 is 0 Å². The average molecular weight is 402 g/mol. The van der Waals surface area contributed by atoms with Crippen LogP contribution in [-0.2, 0) is 25.5 Å². The molecular formula is C21H30N4O4. The van der Waals surface area contributed by atoms with Crippen molar-refractivity contribution in [2.24, 2.45) is 17.8 Å². The zero-order valence-electron chi connectivity index (χ0n) is 17.8. The molecule has 0 radical (unpaired) electrons. The molecule has 0 N–H and O–H groups in total. The molecule has 1 saturated carbocycles. The lowest BCUT2D eigenvalue weighted by Gasteiger charge is -2.36. The molecule has 1 aliphatic rings. The summed E-state index contributed by atoms with van der Waals surface area (Å²) in [6, 6.07) is 1.89. The summed E-state index contributed by atoms with van der Waals surface area (Å²) in [7, 11) is 0. The molecule has 0 spiro atoms. The van der Waals surface area contributed by atoms with Crippen LogP contribution in [0.1, 0.15) is 57.2 Å². The molecule has 1 aliphatic carbocycles. The van der Waals surface area contributed by atoms with Crippen LogP contribution >= 0.6 is 0 Å². The fraction of sp³-hybridized carbons (Fsp3) is 0.667. The standard InChI is InChI=1S/C21H30N4O4/c1-12(2)16-7-6-13(3)8-17(16)29-20(27)11-28-19(26)10-18-23-21-22-14(4)9-15(5)25(21)24-18/h9,12-13,16-17H,6-8,10-11H2,1-5H3. The van der Waals surface area contributed by atoms with Crippen LogP contribution < -0.4 is 0 Å². The molecular weight excluding hydrogens is 372 g/mol. The van der Waals surface area contributed by atoms with Crippen molar-refractivity contribution in [2.75, 3.05) is 6.61 Å². The SMILES string of the molecule is Cc1cc(C)n2nc(CC(=O)OCC(=O)OC3CC(C)CCC3C(C)C)nc2n1. The van der Waals surface area contributed by atoms with Crippen molar-refractivity contribution >= 4 is 17.7 Å². The Balaban J connectivity index is 1.52. The van der Waals surface area contributed by atoms with Crippen molar-refractivity contribution in [2.45, 2.75) is 66.4 Å². The van der Waals surface area contributed by atoms with Crippen LogP contribution in [-0.4, -0.2) is 44.2 Å². The van der Waals surface area contributed by atoms with Crippen molar-refractivity contribution in [1.29, 1.82) is 0 Å². The van der Waals surface area contributed by atoms with Gasteiger partial charge in [-0.15, -0.1) is 5.10 Å². The largest absolute Gasteiger partial charge is 0.460 e. The zero-order chi connectivity index (χ0) is 21.1. The van der Waals surface area contributed by atoms with Gasteiger partial charge in [0.05, 0.1) is 0 Å². The quantitative estimate of drug-likeness (QED) is 0.686. The van der Waals surface area contributed by atoms with Gasteiger partial charge >= 0.3 is 11.9 Å². The molecule has 2 aromatic rings. The van der Waals surface area contributed by atoms with Gasteiger partial charge in [-0.25, -0.2) is 14.3 Å². The van der Waals surface area contributed by atoms with E-state index in [4.69, 9.17) is 9.47 Å². The number of esters is 2. The van der Waals surface area contributed by atoms with E-state index in [-0.39, 0.29) is 12.5 Å². The lowest BCUT2D eigenvalue weighted by Crippen LogP contribution is -2.36. The highest BCUT2D eigenvalue weighted by molar-refractivity contribution is 5.77. The maximum atomic E-state index is 12.2. The van der Waals surface area contributed by atoms with Crippen LogP contribution in [0.5, 0.6) is 0 Å². The summed E-state index contributed by atoms with van der Waals surface area (Å²) in [4.78, 5) is 32.9. The number of rotatable bonds is 6. The second kappa shape index (κ2) is 8.88. The topological polar surface area (TPSA) is 95.7 Å². The third-order valence-corrected chi connectivity index (χ3v) is 5.56. The maximum absolute atomic E-state index is 12.2.